The van der Waals surface area contributed by atoms with Crippen molar-refractivity contribution in [2.75, 3.05) is 18.5 Å². The molecule has 0 saturated carbocycles. The fraction of sp³-hybridized carbons (Fsp3) is 0.222. The van der Waals surface area contributed by atoms with Gasteiger partial charge in [-0.3, -0.25) is 4.79 Å². The molecule has 0 fully saturated rings. The van der Waals surface area contributed by atoms with Gasteiger partial charge in [0.1, 0.15) is 17.1 Å². The largest absolute Gasteiger partial charge is 0.494 e. The Morgan fingerprint density at radius 1 is 1.08 bits per heavy atom. The number of carboxylic acids is 1. The summed E-state index contributed by atoms with van der Waals surface area (Å²) in [4.78, 5) is 23.1. The number of aryl methyl sites for hydroxylation is 1. The molecule has 2 N–H and O–H groups in total. The molecular formula is C18H19NO5. The molecule has 0 aliphatic carbocycles. The van der Waals surface area contributed by atoms with E-state index >= 15 is 0 Å². The number of ether oxygens (including phenoxy) is 2. The lowest BCUT2D eigenvalue weighted by Crippen LogP contribution is -2.20. The molecule has 1 amide bonds. The summed E-state index contributed by atoms with van der Waals surface area (Å²) in [6.45, 7) is 4.00. The summed E-state index contributed by atoms with van der Waals surface area (Å²) < 4.78 is 10.7. The van der Waals surface area contributed by atoms with Gasteiger partial charge in [0, 0.05) is 5.69 Å². The Hall–Kier alpha value is -3.02. The van der Waals surface area contributed by atoms with Crippen molar-refractivity contribution in [2.45, 2.75) is 13.8 Å². The quantitative estimate of drug-likeness (QED) is 0.815. The van der Waals surface area contributed by atoms with Crippen molar-refractivity contribution in [3.05, 3.63) is 53.6 Å². The van der Waals surface area contributed by atoms with E-state index in [1.165, 1.54) is 6.07 Å². The topological polar surface area (TPSA) is 84.9 Å². The zero-order valence-corrected chi connectivity index (χ0v) is 13.5. The summed E-state index contributed by atoms with van der Waals surface area (Å²) in [5, 5.41) is 11.8. The van der Waals surface area contributed by atoms with Gasteiger partial charge in [-0.1, -0.05) is 6.07 Å². The molecule has 0 atom stereocenters. The number of carbonyl (C=O) groups excluding carboxylic acids is 1. The zero-order chi connectivity index (χ0) is 17.5. The normalized spacial score (nSPS) is 10.1. The third-order valence-electron chi connectivity index (χ3n) is 3.18. The highest BCUT2D eigenvalue weighted by molar-refractivity contribution is 5.93. The van der Waals surface area contributed by atoms with Crippen molar-refractivity contribution >= 4 is 17.6 Å². The molecule has 6 heteroatoms. The highest BCUT2D eigenvalue weighted by atomic mass is 16.5. The first-order chi connectivity index (χ1) is 11.5. The average Bonchev–Trinajstić information content (AvgIpc) is 2.55. The lowest BCUT2D eigenvalue weighted by Gasteiger charge is -2.11. The lowest BCUT2D eigenvalue weighted by molar-refractivity contribution is -0.118. The summed E-state index contributed by atoms with van der Waals surface area (Å²) in [6.07, 6.45) is 0. The minimum absolute atomic E-state index is 0.0227. The number of anilines is 1. The van der Waals surface area contributed by atoms with Crippen LogP contribution < -0.4 is 14.8 Å². The molecule has 0 spiro atoms. The minimum atomic E-state index is -1.10. The van der Waals surface area contributed by atoms with Crippen LogP contribution in [0.1, 0.15) is 22.8 Å². The number of carboxylic acid groups (broad SMARTS) is 1. The van der Waals surface area contributed by atoms with E-state index in [0.717, 1.165) is 11.3 Å². The van der Waals surface area contributed by atoms with Gasteiger partial charge in [0.05, 0.1) is 6.61 Å². The molecule has 0 aliphatic heterocycles. The van der Waals surface area contributed by atoms with E-state index in [-0.39, 0.29) is 23.8 Å². The van der Waals surface area contributed by atoms with Crippen LogP contribution in [-0.4, -0.2) is 30.2 Å². The van der Waals surface area contributed by atoms with Crippen molar-refractivity contribution in [1.29, 1.82) is 0 Å². The molecule has 6 nitrogen and oxygen atoms in total. The maximum Gasteiger partial charge on any atom is 0.339 e. The number of hydrogen-bond acceptors (Lipinski definition) is 4. The molecule has 24 heavy (non-hydrogen) atoms. The van der Waals surface area contributed by atoms with Crippen LogP contribution in [0.15, 0.2) is 42.5 Å². The predicted molar refractivity (Wildman–Crippen MR) is 89.9 cm³/mol. The second-order valence-corrected chi connectivity index (χ2v) is 5.10. The van der Waals surface area contributed by atoms with Crippen molar-refractivity contribution in [2.24, 2.45) is 0 Å². The van der Waals surface area contributed by atoms with Crippen LogP contribution in [0.3, 0.4) is 0 Å². The number of aromatic carboxylic acids is 1. The SMILES string of the molecule is CCOc1ccc(NC(=O)COc2cc(C)ccc2C(=O)O)cc1. The number of benzene rings is 2. The second-order valence-electron chi connectivity index (χ2n) is 5.10. The number of rotatable bonds is 7. The van der Waals surface area contributed by atoms with E-state index < -0.39 is 5.97 Å². The van der Waals surface area contributed by atoms with Crippen LogP contribution in [0.25, 0.3) is 0 Å². The van der Waals surface area contributed by atoms with Crippen molar-refractivity contribution in [3.63, 3.8) is 0 Å². The highest BCUT2D eigenvalue weighted by Crippen LogP contribution is 2.20. The molecule has 0 bridgehead atoms. The van der Waals surface area contributed by atoms with Crippen LogP contribution >= 0.6 is 0 Å². The van der Waals surface area contributed by atoms with Crippen molar-refractivity contribution in [3.8, 4) is 11.5 Å². The Morgan fingerprint density at radius 2 is 1.79 bits per heavy atom. The Balaban J connectivity index is 1.96. The van der Waals surface area contributed by atoms with Gasteiger partial charge in [-0.15, -0.1) is 0 Å². The first-order valence-electron chi connectivity index (χ1n) is 7.49. The number of hydrogen-bond donors (Lipinski definition) is 2. The number of carbonyl (C=O) groups is 2. The molecule has 0 unspecified atom stereocenters. The van der Waals surface area contributed by atoms with E-state index in [2.05, 4.69) is 5.32 Å². The molecule has 2 rings (SSSR count). The summed E-state index contributed by atoms with van der Waals surface area (Å²) >= 11 is 0. The maximum absolute atomic E-state index is 11.9. The summed E-state index contributed by atoms with van der Waals surface area (Å²) in [5.74, 6) is -0.587. The molecule has 2 aromatic carbocycles. The van der Waals surface area contributed by atoms with Crippen LogP contribution in [0.2, 0.25) is 0 Å². The van der Waals surface area contributed by atoms with Gasteiger partial charge in [-0.25, -0.2) is 4.79 Å². The molecule has 0 heterocycles. The molecule has 126 valence electrons. The third kappa shape index (κ3) is 4.74. The molecular weight excluding hydrogens is 310 g/mol. The molecule has 0 aliphatic rings. The fourth-order valence-corrected chi connectivity index (χ4v) is 2.07. The average molecular weight is 329 g/mol. The van der Waals surface area contributed by atoms with Gasteiger partial charge in [0.2, 0.25) is 0 Å². The Bertz CT molecular complexity index is 725. The Kier molecular flexibility index (Phi) is 5.78. The van der Waals surface area contributed by atoms with Gasteiger partial charge in [-0.05, 0) is 55.8 Å². The van der Waals surface area contributed by atoms with Gasteiger partial charge in [0.25, 0.3) is 5.91 Å². The monoisotopic (exact) mass is 329 g/mol. The zero-order valence-electron chi connectivity index (χ0n) is 13.5. The lowest BCUT2D eigenvalue weighted by atomic mass is 10.1. The number of nitrogens with one attached hydrogen (secondary N) is 1. The van der Waals surface area contributed by atoms with E-state index in [1.54, 1.807) is 36.4 Å². The predicted octanol–water partition coefficient (Wildman–Crippen LogP) is 3.11. The van der Waals surface area contributed by atoms with Gasteiger partial charge >= 0.3 is 5.97 Å². The summed E-state index contributed by atoms with van der Waals surface area (Å²) in [5.41, 5.74) is 1.48. The Morgan fingerprint density at radius 3 is 2.42 bits per heavy atom. The van der Waals surface area contributed by atoms with Crippen molar-refractivity contribution in [1.82, 2.24) is 0 Å². The molecule has 0 radical (unpaired) electrons. The second kappa shape index (κ2) is 8.01. The van der Waals surface area contributed by atoms with E-state index in [1.807, 2.05) is 13.8 Å². The number of amides is 1. The smallest absolute Gasteiger partial charge is 0.339 e. The maximum atomic E-state index is 11.9. The van der Waals surface area contributed by atoms with E-state index in [0.29, 0.717) is 12.3 Å². The Labute approximate surface area is 140 Å². The molecule has 2 aromatic rings. The minimum Gasteiger partial charge on any atom is -0.494 e. The van der Waals surface area contributed by atoms with Gasteiger partial charge in [0.15, 0.2) is 6.61 Å². The standard InChI is InChI=1S/C18H19NO5/c1-3-23-14-7-5-13(6-8-14)19-17(20)11-24-16-10-12(2)4-9-15(16)18(21)22/h4-10H,3,11H2,1-2H3,(H,19,20)(H,21,22). The fourth-order valence-electron chi connectivity index (χ4n) is 2.07. The molecule has 0 saturated heterocycles. The molecule has 0 aromatic heterocycles. The van der Waals surface area contributed by atoms with E-state index in [9.17, 15) is 9.59 Å². The highest BCUT2D eigenvalue weighted by Gasteiger charge is 2.13. The van der Waals surface area contributed by atoms with Gasteiger partial charge < -0.3 is 19.9 Å². The first-order valence-corrected chi connectivity index (χ1v) is 7.49. The van der Waals surface area contributed by atoms with Crippen LogP contribution in [0.4, 0.5) is 5.69 Å². The summed E-state index contributed by atoms with van der Waals surface area (Å²) in [6, 6.07) is 11.7. The first kappa shape index (κ1) is 17.3. The van der Waals surface area contributed by atoms with E-state index in [4.69, 9.17) is 14.6 Å². The van der Waals surface area contributed by atoms with Crippen molar-refractivity contribution < 1.29 is 24.2 Å². The van der Waals surface area contributed by atoms with Crippen LogP contribution in [0, 0.1) is 6.92 Å². The van der Waals surface area contributed by atoms with Gasteiger partial charge in [-0.2, -0.15) is 0 Å². The van der Waals surface area contributed by atoms with Crippen LogP contribution in [-0.2, 0) is 4.79 Å². The third-order valence-corrected chi connectivity index (χ3v) is 3.18. The summed E-state index contributed by atoms with van der Waals surface area (Å²) in [7, 11) is 0. The van der Waals surface area contributed by atoms with Crippen LogP contribution in [0.5, 0.6) is 11.5 Å².